The van der Waals surface area contributed by atoms with E-state index < -0.39 is 25.5 Å². The van der Waals surface area contributed by atoms with Crippen LogP contribution in [0.4, 0.5) is 0 Å². The van der Waals surface area contributed by atoms with Gasteiger partial charge in [0.15, 0.2) is 19.5 Å². The summed E-state index contributed by atoms with van der Waals surface area (Å²) >= 11 is 0. The van der Waals surface area contributed by atoms with Gasteiger partial charge in [0.05, 0.1) is 27.7 Å². The number of unbranched alkanes of at least 4 members (excludes halogenated alkanes) is 25. The summed E-state index contributed by atoms with van der Waals surface area (Å²) in [6, 6.07) is 0. The third-order valence-electron chi connectivity index (χ3n) is 10.4. The van der Waals surface area contributed by atoms with Gasteiger partial charge in [-0.2, -0.15) is 0 Å². The molecule has 3 atom stereocenters. The number of hydrogen-bond acceptors (Lipinski definition) is 7. The van der Waals surface area contributed by atoms with Gasteiger partial charge < -0.3 is 27.9 Å². The number of carbonyl (C=O) groups excluding carboxylic acids is 2. The Bertz CT molecular complexity index is 951. The predicted octanol–water partition coefficient (Wildman–Crippen LogP) is 12.8. The van der Waals surface area contributed by atoms with Crippen LogP contribution in [-0.2, 0) is 28.2 Å². The van der Waals surface area contributed by atoms with Crippen LogP contribution in [0, 0.1) is 0 Å². The number of esters is 2. The Labute approximate surface area is 334 Å². The molecule has 0 bridgehead atoms. The Hall–Kier alpha value is -1.21. The summed E-state index contributed by atoms with van der Waals surface area (Å²) in [6.45, 7) is 5.76. The maximum absolute atomic E-state index is 13.1. The van der Waals surface area contributed by atoms with Crippen molar-refractivity contribution in [3.05, 3.63) is 12.2 Å². The highest BCUT2D eigenvalue weighted by Crippen LogP contribution is 2.47. The van der Waals surface area contributed by atoms with E-state index >= 15 is 0 Å². The van der Waals surface area contributed by atoms with E-state index in [1.165, 1.54) is 128 Å². The zero-order chi connectivity index (χ0) is 40.2. The molecule has 2 unspecified atom stereocenters. The Balaban J connectivity index is 4.43. The highest BCUT2D eigenvalue weighted by molar-refractivity contribution is 7.51. The maximum atomic E-state index is 13.1. The van der Waals surface area contributed by atoms with Crippen LogP contribution in [0.15, 0.2) is 12.2 Å². The molecule has 8 nitrogen and oxygen atoms in total. The Morgan fingerprint density at radius 3 is 1.31 bits per heavy atom. The molecule has 0 fully saturated rings. The normalized spacial score (nSPS) is 14.3. The van der Waals surface area contributed by atoms with Gasteiger partial charge in [-0.1, -0.05) is 174 Å². The summed E-state index contributed by atoms with van der Waals surface area (Å²) in [4.78, 5) is 38.4. The number of allylic oxidation sites excluding steroid dienone is 2. The highest BCUT2D eigenvalue weighted by atomic mass is 31.2. The number of hydrogen-bond donors (Lipinski definition) is 0. The zero-order valence-corrected chi connectivity index (χ0v) is 37.3. The van der Waals surface area contributed by atoms with Gasteiger partial charge in [-0.15, -0.1) is 0 Å². The van der Waals surface area contributed by atoms with Gasteiger partial charge in [0.25, 0.3) is 0 Å². The quantitative estimate of drug-likeness (QED) is 0.0200. The van der Waals surface area contributed by atoms with Crippen LogP contribution in [0.25, 0.3) is 0 Å². The predicted molar refractivity (Wildman–Crippen MR) is 226 cm³/mol. The summed E-state index contributed by atoms with van der Waals surface area (Å²) in [7, 11) is 1.16. The minimum atomic E-state index is -4.28. The smallest absolute Gasteiger partial charge is 0.306 e. The largest absolute Gasteiger partial charge is 0.774 e. The molecule has 9 heteroatoms. The summed E-state index contributed by atoms with van der Waals surface area (Å²) < 4.78 is 29.8. The van der Waals surface area contributed by atoms with E-state index in [0.29, 0.717) is 12.8 Å². The third kappa shape index (κ3) is 33.0. The summed E-state index contributed by atoms with van der Waals surface area (Å²) in [5, 5.41) is 0. The fraction of sp³-hybridized carbons (Fsp3) is 0.911. The number of nitrogens with zero attached hydrogens (tertiary/aromatic N) is 1. The number of ether oxygens (including phenoxy) is 2. The lowest BCUT2D eigenvalue weighted by Gasteiger charge is -2.41. The molecule has 0 aliphatic rings. The molecule has 0 heterocycles. The minimum absolute atomic E-state index is 0.201. The third-order valence-corrected chi connectivity index (χ3v) is 12.7. The van der Waals surface area contributed by atoms with Crippen LogP contribution in [0.5, 0.6) is 0 Å². The molecular weight excluding hydrogens is 697 g/mol. The minimum Gasteiger partial charge on any atom is -0.774 e. The van der Waals surface area contributed by atoms with Crippen molar-refractivity contribution in [3.8, 4) is 0 Å². The maximum Gasteiger partial charge on any atom is 0.306 e. The first-order valence-corrected chi connectivity index (χ1v) is 24.4. The van der Waals surface area contributed by atoms with Gasteiger partial charge in [-0.05, 0) is 38.5 Å². The second kappa shape index (κ2) is 36.2. The second-order valence-corrected chi connectivity index (χ2v) is 18.6. The fourth-order valence-electron chi connectivity index (χ4n) is 7.07. The summed E-state index contributed by atoms with van der Waals surface area (Å²) in [5.41, 5.74) is 0. The lowest BCUT2D eigenvalue weighted by molar-refractivity contribution is -0.884. The molecule has 0 saturated carbocycles. The number of quaternary nitrogens is 1. The zero-order valence-electron chi connectivity index (χ0n) is 36.4. The van der Waals surface area contributed by atoms with Crippen molar-refractivity contribution in [1.29, 1.82) is 0 Å². The van der Waals surface area contributed by atoms with Crippen LogP contribution in [-0.4, -0.2) is 62.7 Å². The van der Waals surface area contributed by atoms with Crippen molar-refractivity contribution in [3.63, 3.8) is 0 Å². The SMILES string of the molecule is CCCCCCC/C=C\CCCCCCCCC(=O)OC[C@H](COP(=O)([O-])C(CC)[N+](C)(C)C)OC(=O)CCCCCCCCCCCCCCCCC. The van der Waals surface area contributed by atoms with E-state index in [1.54, 1.807) is 0 Å². The van der Waals surface area contributed by atoms with Gasteiger partial charge in [0.2, 0.25) is 0 Å². The van der Waals surface area contributed by atoms with Gasteiger partial charge in [-0.25, -0.2) is 0 Å². The first-order valence-electron chi connectivity index (χ1n) is 22.7. The van der Waals surface area contributed by atoms with Crippen molar-refractivity contribution < 1.29 is 37.5 Å². The van der Waals surface area contributed by atoms with Crippen molar-refractivity contribution in [2.45, 2.75) is 232 Å². The molecule has 0 N–H and O–H groups in total. The van der Waals surface area contributed by atoms with Crippen molar-refractivity contribution in [2.24, 2.45) is 0 Å². The Kier molecular flexibility index (Phi) is 35.3. The standard InChI is InChI=1S/C45H88NO7P/c1-7-10-12-14-16-18-20-22-24-26-28-30-32-34-36-38-44(47)51-40-42(41-52-54(49,50)43(9-3)46(4,5)6)53-45(48)39-37-35-33-31-29-27-25-23-21-19-17-15-13-11-8-2/h20,22,42-43H,7-19,21,23-41H2,1-6H3/b22-20-/t42-,43?/m1/s1. The van der Waals surface area contributed by atoms with Gasteiger partial charge in [0, 0.05) is 19.3 Å². The van der Waals surface area contributed by atoms with Gasteiger partial charge in [0.1, 0.15) is 6.61 Å². The molecule has 54 heavy (non-hydrogen) atoms. The van der Waals surface area contributed by atoms with Crippen LogP contribution in [0.2, 0.25) is 0 Å². The Morgan fingerprint density at radius 2 is 0.926 bits per heavy atom. The van der Waals surface area contributed by atoms with Crippen LogP contribution >= 0.6 is 7.60 Å². The van der Waals surface area contributed by atoms with Crippen molar-refractivity contribution in [1.82, 2.24) is 0 Å². The average molecular weight is 786 g/mol. The lowest BCUT2D eigenvalue weighted by atomic mass is 10.0. The molecule has 0 saturated heterocycles. The van der Waals surface area contributed by atoms with E-state index in [0.717, 1.165) is 51.4 Å². The van der Waals surface area contributed by atoms with E-state index in [9.17, 15) is 19.0 Å². The lowest BCUT2D eigenvalue weighted by Crippen LogP contribution is -2.47. The van der Waals surface area contributed by atoms with Gasteiger partial charge in [-0.3, -0.25) is 9.59 Å². The van der Waals surface area contributed by atoms with E-state index in [-0.39, 0.29) is 30.1 Å². The first kappa shape index (κ1) is 52.8. The van der Waals surface area contributed by atoms with E-state index in [1.807, 2.05) is 28.1 Å². The number of carbonyl (C=O) groups is 2. The van der Waals surface area contributed by atoms with Crippen LogP contribution < -0.4 is 4.89 Å². The van der Waals surface area contributed by atoms with Gasteiger partial charge >= 0.3 is 11.9 Å². The molecule has 0 aliphatic heterocycles. The van der Waals surface area contributed by atoms with Crippen molar-refractivity contribution >= 4 is 19.5 Å². The monoisotopic (exact) mass is 786 g/mol. The molecule has 0 amide bonds. The molecule has 0 radical (unpaired) electrons. The molecular formula is C45H88NO7P. The summed E-state index contributed by atoms with van der Waals surface area (Å²) in [5.74, 6) is -1.51. The molecule has 0 aromatic heterocycles. The van der Waals surface area contributed by atoms with Crippen LogP contribution in [0.3, 0.4) is 0 Å². The summed E-state index contributed by atoms with van der Waals surface area (Å²) in [6.07, 6.45) is 38.7. The van der Waals surface area contributed by atoms with E-state index in [2.05, 4.69) is 26.0 Å². The topological polar surface area (TPSA) is 102 Å². The Morgan fingerprint density at radius 1 is 0.556 bits per heavy atom. The molecule has 0 rings (SSSR count). The highest BCUT2D eigenvalue weighted by Gasteiger charge is 2.34. The molecule has 0 aromatic carbocycles. The van der Waals surface area contributed by atoms with Crippen LogP contribution in [0.1, 0.15) is 220 Å². The van der Waals surface area contributed by atoms with Crippen molar-refractivity contribution in [2.75, 3.05) is 34.4 Å². The first-order chi connectivity index (χ1) is 26.0. The molecule has 320 valence electrons. The fourth-order valence-corrected chi connectivity index (χ4v) is 8.91. The van der Waals surface area contributed by atoms with E-state index in [4.69, 9.17) is 14.0 Å². The molecule has 0 aliphatic carbocycles. The number of rotatable bonds is 40. The molecule has 0 aromatic rings. The second-order valence-electron chi connectivity index (χ2n) is 16.7. The molecule has 0 spiro atoms. The average Bonchev–Trinajstić information content (AvgIpc) is 3.12.